The van der Waals surface area contributed by atoms with E-state index in [0.29, 0.717) is 39.1 Å². The van der Waals surface area contributed by atoms with E-state index >= 15 is 0 Å². The number of anilines is 1. The predicted octanol–water partition coefficient (Wildman–Crippen LogP) is 2.29. The Morgan fingerprint density at radius 3 is 2.46 bits per heavy atom. The highest BCUT2D eigenvalue weighted by molar-refractivity contribution is 7.88. The molecule has 9 nitrogen and oxygen atoms in total. The van der Waals surface area contributed by atoms with Gasteiger partial charge in [0.05, 0.1) is 12.5 Å². The second-order valence-electron chi connectivity index (χ2n) is 9.50. The Balaban J connectivity index is 1.37. The fourth-order valence-corrected chi connectivity index (χ4v) is 5.70. The molecule has 0 bridgehead atoms. The van der Waals surface area contributed by atoms with E-state index < -0.39 is 10.0 Å². The summed E-state index contributed by atoms with van der Waals surface area (Å²) in [5.41, 5.74) is 5.05. The number of sulfonamides is 1. The monoisotopic (exact) mass is 497 g/mol. The number of aryl methyl sites for hydroxylation is 1. The summed E-state index contributed by atoms with van der Waals surface area (Å²) in [6.45, 7) is 6.98. The molecule has 0 radical (unpaired) electrons. The number of hydrogen-bond acceptors (Lipinski definition) is 6. The molecule has 35 heavy (non-hydrogen) atoms. The Morgan fingerprint density at radius 2 is 1.83 bits per heavy atom. The lowest BCUT2D eigenvalue weighted by atomic mass is 10.0. The van der Waals surface area contributed by atoms with Gasteiger partial charge in [0.25, 0.3) is 0 Å². The van der Waals surface area contributed by atoms with Gasteiger partial charge in [-0.05, 0) is 43.2 Å². The number of ether oxygens (including phenoxy) is 1. The maximum absolute atomic E-state index is 11.8. The molecule has 2 saturated heterocycles. The molecule has 10 heteroatoms. The van der Waals surface area contributed by atoms with Crippen molar-refractivity contribution in [1.82, 2.24) is 19.2 Å². The van der Waals surface area contributed by atoms with Gasteiger partial charge in [-0.1, -0.05) is 12.1 Å². The van der Waals surface area contributed by atoms with Crippen LogP contribution in [0.4, 0.5) is 5.69 Å². The Morgan fingerprint density at radius 1 is 1.11 bits per heavy atom. The van der Waals surface area contributed by atoms with Gasteiger partial charge in [0.2, 0.25) is 15.9 Å². The van der Waals surface area contributed by atoms with Crippen molar-refractivity contribution in [3.63, 3.8) is 0 Å². The number of rotatable bonds is 6. The standard InChI is InChI=1S/C25H31N5O4S/c1-17-14-27-30-16-21(12-23(25(17)30)34-18(2)20-13-24(31)26-15-20)19-4-6-22(7-5-19)28-8-10-29(11-9-28)35(3,32)33/h4-7,12,14,16,18,20H,8-11,13,15H2,1-3H3,(H,26,31)/t18-,20?/m1/s1. The molecule has 2 aromatic heterocycles. The molecule has 1 amide bonds. The first-order valence-corrected chi connectivity index (χ1v) is 13.8. The van der Waals surface area contributed by atoms with Crippen LogP contribution < -0.4 is 15.0 Å². The lowest BCUT2D eigenvalue weighted by molar-refractivity contribution is -0.119. The van der Waals surface area contributed by atoms with Crippen LogP contribution in [-0.2, 0) is 14.8 Å². The number of benzene rings is 1. The molecule has 0 spiro atoms. The third kappa shape index (κ3) is 4.85. The van der Waals surface area contributed by atoms with E-state index in [2.05, 4.69) is 39.6 Å². The molecular formula is C25H31N5O4S. The van der Waals surface area contributed by atoms with E-state index in [9.17, 15) is 13.2 Å². The topological polar surface area (TPSA) is 96.2 Å². The number of piperazine rings is 1. The molecule has 0 saturated carbocycles. The van der Waals surface area contributed by atoms with Gasteiger partial charge in [0.1, 0.15) is 17.4 Å². The number of fused-ring (bicyclic) bond motifs is 1. The molecule has 3 aromatic rings. The number of carbonyl (C=O) groups is 1. The van der Waals surface area contributed by atoms with Crippen LogP contribution in [0.1, 0.15) is 18.9 Å². The van der Waals surface area contributed by atoms with Crippen molar-refractivity contribution in [2.75, 3.05) is 43.9 Å². The lowest BCUT2D eigenvalue weighted by Gasteiger charge is -2.34. The molecule has 2 aliphatic heterocycles. The van der Waals surface area contributed by atoms with E-state index in [4.69, 9.17) is 4.74 Å². The van der Waals surface area contributed by atoms with E-state index in [1.165, 1.54) is 10.6 Å². The summed E-state index contributed by atoms with van der Waals surface area (Å²) in [6.07, 6.45) is 5.46. The van der Waals surface area contributed by atoms with Crippen molar-refractivity contribution in [3.05, 3.63) is 48.3 Å². The highest BCUT2D eigenvalue weighted by Gasteiger charge is 2.29. The summed E-state index contributed by atoms with van der Waals surface area (Å²) < 4.78 is 33.3. The number of hydrogen-bond donors (Lipinski definition) is 1. The van der Waals surface area contributed by atoms with Gasteiger partial charge in [0, 0.05) is 62.5 Å². The van der Waals surface area contributed by atoms with Crippen LogP contribution in [0.3, 0.4) is 0 Å². The van der Waals surface area contributed by atoms with Crippen LogP contribution >= 0.6 is 0 Å². The van der Waals surface area contributed by atoms with E-state index in [1.807, 2.05) is 36.8 Å². The SMILES string of the molecule is Cc1cnn2cc(-c3ccc(N4CCN(S(C)(=O)=O)CC4)cc3)cc(O[C@H](C)C3CNC(=O)C3)c12. The number of aromatic nitrogens is 2. The van der Waals surface area contributed by atoms with Crippen LogP contribution in [0, 0.1) is 12.8 Å². The predicted molar refractivity (Wildman–Crippen MR) is 135 cm³/mol. The van der Waals surface area contributed by atoms with Crippen LogP contribution in [0.15, 0.2) is 42.7 Å². The Labute approximate surface area is 205 Å². The number of nitrogens with one attached hydrogen (secondary N) is 1. The molecule has 5 rings (SSSR count). The van der Waals surface area contributed by atoms with E-state index in [-0.39, 0.29) is 17.9 Å². The molecule has 1 unspecified atom stereocenters. The number of amides is 1. The second-order valence-corrected chi connectivity index (χ2v) is 11.5. The van der Waals surface area contributed by atoms with Crippen LogP contribution in [0.25, 0.3) is 16.6 Å². The minimum atomic E-state index is -3.15. The van der Waals surface area contributed by atoms with Crippen LogP contribution in [-0.4, -0.2) is 73.3 Å². The fraction of sp³-hybridized carbons (Fsp3) is 0.440. The summed E-state index contributed by atoms with van der Waals surface area (Å²) in [5, 5.41) is 7.39. The van der Waals surface area contributed by atoms with Gasteiger partial charge in [-0.15, -0.1) is 0 Å². The molecule has 1 N–H and O–H groups in total. The van der Waals surface area contributed by atoms with Gasteiger partial charge in [0.15, 0.2) is 0 Å². The number of nitrogens with zero attached hydrogens (tertiary/aromatic N) is 4. The first-order chi connectivity index (χ1) is 16.7. The molecule has 186 valence electrons. The smallest absolute Gasteiger partial charge is 0.220 e. The summed E-state index contributed by atoms with van der Waals surface area (Å²) in [5.74, 6) is 0.963. The molecule has 2 atom stereocenters. The summed E-state index contributed by atoms with van der Waals surface area (Å²) in [7, 11) is -3.15. The van der Waals surface area contributed by atoms with Crippen LogP contribution in [0.2, 0.25) is 0 Å². The average molecular weight is 498 g/mol. The number of carbonyl (C=O) groups excluding carboxylic acids is 1. The second kappa shape index (κ2) is 9.16. The lowest BCUT2D eigenvalue weighted by Crippen LogP contribution is -2.48. The summed E-state index contributed by atoms with van der Waals surface area (Å²) in [6, 6.07) is 10.3. The Hall–Kier alpha value is -3.11. The van der Waals surface area contributed by atoms with Crippen molar-refractivity contribution >= 4 is 27.1 Å². The quantitative estimate of drug-likeness (QED) is 0.562. The highest BCUT2D eigenvalue weighted by atomic mass is 32.2. The Bertz CT molecular complexity index is 1340. The van der Waals surface area contributed by atoms with E-state index in [0.717, 1.165) is 33.6 Å². The van der Waals surface area contributed by atoms with Gasteiger partial charge in [-0.25, -0.2) is 12.9 Å². The van der Waals surface area contributed by atoms with Crippen molar-refractivity contribution < 1.29 is 17.9 Å². The molecule has 2 fully saturated rings. The molecule has 2 aliphatic rings. The minimum absolute atomic E-state index is 0.0719. The summed E-state index contributed by atoms with van der Waals surface area (Å²) in [4.78, 5) is 13.9. The van der Waals surface area contributed by atoms with E-state index in [1.54, 1.807) is 0 Å². The maximum Gasteiger partial charge on any atom is 0.220 e. The van der Waals surface area contributed by atoms with Gasteiger partial charge in [-0.3, -0.25) is 4.79 Å². The molecular weight excluding hydrogens is 466 g/mol. The van der Waals surface area contributed by atoms with Gasteiger partial charge < -0.3 is 15.0 Å². The normalized spacial score (nSPS) is 20.3. The largest absolute Gasteiger partial charge is 0.488 e. The first-order valence-electron chi connectivity index (χ1n) is 11.9. The van der Waals surface area contributed by atoms with Crippen molar-refractivity contribution in [2.24, 2.45) is 5.92 Å². The molecule has 4 heterocycles. The van der Waals surface area contributed by atoms with Gasteiger partial charge >= 0.3 is 0 Å². The minimum Gasteiger partial charge on any atom is -0.488 e. The first kappa shape index (κ1) is 23.6. The summed E-state index contributed by atoms with van der Waals surface area (Å²) >= 11 is 0. The van der Waals surface area contributed by atoms with Crippen molar-refractivity contribution in [3.8, 4) is 16.9 Å². The van der Waals surface area contributed by atoms with Crippen molar-refractivity contribution in [2.45, 2.75) is 26.4 Å². The third-order valence-electron chi connectivity index (χ3n) is 7.02. The zero-order valence-electron chi connectivity index (χ0n) is 20.3. The van der Waals surface area contributed by atoms with Crippen molar-refractivity contribution in [1.29, 1.82) is 0 Å². The molecule has 0 aliphatic carbocycles. The Kier molecular flexibility index (Phi) is 6.18. The maximum atomic E-state index is 11.8. The van der Waals surface area contributed by atoms with Gasteiger partial charge in [-0.2, -0.15) is 9.40 Å². The zero-order chi connectivity index (χ0) is 24.7. The average Bonchev–Trinajstić information content (AvgIpc) is 3.44. The number of pyridine rings is 1. The third-order valence-corrected chi connectivity index (χ3v) is 8.32. The zero-order valence-corrected chi connectivity index (χ0v) is 21.1. The highest BCUT2D eigenvalue weighted by Crippen LogP contribution is 2.33. The fourth-order valence-electron chi connectivity index (χ4n) is 4.88. The van der Waals surface area contributed by atoms with Crippen LogP contribution in [0.5, 0.6) is 5.75 Å². The molecule has 1 aromatic carbocycles.